The summed E-state index contributed by atoms with van der Waals surface area (Å²) in [5, 5.41) is 22.6. The van der Waals surface area contributed by atoms with Gasteiger partial charge in [-0.05, 0) is 31.4 Å². The monoisotopic (exact) mass is 479 g/mol. The number of hydrogen-bond donors (Lipinski definition) is 2. The van der Waals surface area contributed by atoms with Gasteiger partial charge in [0.05, 0.1) is 29.7 Å². The van der Waals surface area contributed by atoms with E-state index in [9.17, 15) is 5.11 Å². The normalized spacial score (nSPS) is 25.2. The van der Waals surface area contributed by atoms with Gasteiger partial charge in [0.25, 0.3) is 11.8 Å². The van der Waals surface area contributed by atoms with E-state index in [0.29, 0.717) is 53.7 Å². The first-order valence-corrected chi connectivity index (χ1v) is 11.9. The topological polar surface area (TPSA) is 118 Å². The number of anilines is 1. The zero-order valence-electron chi connectivity index (χ0n) is 19.3. The number of phenolic OH excluding ortho intramolecular Hbond substituents is 1. The lowest BCUT2D eigenvalue weighted by atomic mass is 9.82. The molecule has 0 amide bonds. The van der Waals surface area contributed by atoms with E-state index in [0.717, 1.165) is 25.7 Å². The summed E-state index contributed by atoms with van der Waals surface area (Å²) in [5.74, 6) is 1.45. The van der Waals surface area contributed by atoms with E-state index in [2.05, 4.69) is 30.5 Å². The van der Waals surface area contributed by atoms with E-state index in [-0.39, 0.29) is 23.7 Å². The number of nitrogens with zero attached hydrogens (tertiary/aromatic N) is 6. The Hall–Kier alpha value is -3.60. The molecule has 0 aliphatic carbocycles. The molecule has 2 aromatic heterocycles. The molecule has 5 heterocycles. The number of hydrogen-bond acceptors (Lipinski definition) is 10. The zero-order valence-corrected chi connectivity index (χ0v) is 19.3. The van der Waals surface area contributed by atoms with Crippen molar-refractivity contribution in [3.05, 3.63) is 30.6 Å². The lowest BCUT2D eigenvalue weighted by Crippen LogP contribution is -2.61. The maximum atomic E-state index is 15.1. The van der Waals surface area contributed by atoms with Crippen LogP contribution in [0.15, 0.2) is 30.6 Å². The Balaban J connectivity index is 1.21. The van der Waals surface area contributed by atoms with Crippen LogP contribution in [0.25, 0.3) is 22.6 Å². The van der Waals surface area contributed by atoms with Crippen molar-refractivity contribution < 1.29 is 19.0 Å². The third kappa shape index (κ3) is 4.09. The second-order valence-electron chi connectivity index (χ2n) is 9.19. The molecule has 10 nitrogen and oxygen atoms in total. The molecule has 35 heavy (non-hydrogen) atoms. The molecular weight excluding hydrogens is 453 g/mol. The fourth-order valence-corrected chi connectivity index (χ4v) is 5.13. The SMILES string of the molecule is CN(c1cnc(-c2ccc(-c3cnc4c(n3)OCCO4)cc2O)nn1)[C@@H]1C[C@@H]2CCC[C@H](N2)[C@@H]1F. The second-order valence-corrected chi connectivity index (χ2v) is 9.19. The Bertz CT molecular complexity index is 1230. The molecule has 2 N–H and O–H groups in total. The molecule has 2 fully saturated rings. The van der Waals surface area contributed by atoms with E-state index >= 15 is 4.39 Å². The van der Waals surface area contributed by atoms with Crippen LogP contribution in [0.1, 0.15) is 25.7 Å². The smallest absolute Gasteiger partial charge is 0.278 e. The maximum Gasteiger partial charge on any atom is 0.278 e. The zero-order chi connectivity index (χ0) is 23.9. The van der Waals surface area contributed by atoms with Crippen LogP contribution < -0.4 is 19.7 Å². The molecule has 4 atom stereocenters. The minimum atomic E-state index is -0.974. The second kappa shape index (κ2) is 8.88. The molecule has 6 rings (SSSR count). The molecule has 3 aliphatic rings. The van der Waals surface area contributed by atoms with E-state index in [4.69, 9.17) is 9.47 Å². The molecule has 2 saturated heterocycles. The number of piperidine rings is 2. The van der Waals surface area contributed by atoms with Gasteiger partial charge in [-0.15, -0.1) is 10.2 Å². The molecule has 3 aliphatic heterocycles. The molecule has 182 valence electrons. The van der Waals surface area contributed by atoms with Gasteiger partial charge in [-0.1, -0.05) is 12.5 Å². The Morgan fingerprint density at radius 2 is 1.94 bits per heavy atom. The third-order valence-electron chi connectivity index (χ3n) is 7.01. The highest BCUT2D eigenvalue weighted by molar-refractivity contribution is 5.71. The van der Waals surface area contributed by atoms with Crippen LogP contribution >= 0.6 is 0 Å². The molecular formula is C24H26FN7O3. The van der Waals surface area contributed by atoms with Gasteiger partial charge < -0.3 is 24.8 Å². The number of nitrogens with one attached hydrogen (secondary N) is 1. The van der Waals surface area contributed by atoms with Crippen molar-refractivity contribution in [2.24, 2.45) is 0 Å². The predicted molar refractivity (Wildman–Crippen MR) is 125 cm³/mol. The fraction of sp³-hybridized carbons (Fsp3) is 0.458. The molecule has 0 saturated carbocycles. The number of halogens is 1. The maximum absolute atomic E-state index is 15.1. The average Bonchev–Trinajstić information content (AvgIpc) is 2.90. The molecule has 11 heteroatoms. The molecule has 3 aromatic rings. The molecule has 1 aromatic carbocycles. The van der Waals surface area contributed by atoms with Crippen molar-refractivity contribution in [1.82, 2.24) is 30.5 Å². The average molecular weight is 480 g/mol. The van der Waals surface area contributed by atoms with Crippen LogP contribution in [0.2, 0.25) is 0 Å². The van der Waals surface area contributed by atoms with E-state index in [1.807, 2.05) is 11.9 Å². The summed E-state index contributed by atoms with van der Waals surface area (Å²) in [6.45, 7) is 0.849. The van der Waals surface area contributed by atoms with Gasteiger partial charge in [0, 0.05) is 24.7 Å². The molecule has 0 spiro atoms. The summed E-state index contributed by atoms with van der Waals surface area (Å²) in [6.07, 6.45) is 5.89. The van der Waals surface area contributed by atoms with Crippen LogP contribution in [0.3, 0.4) is 0 Å². The van der Waals surface area contributed by atoms with Crippen molar-refractivity contribution >= 4 is 5.82 Å². The summed E-state index contributed by atoms with van der Waals surface area (Å²) in [5.41, 5.74) is 1.63. The van der Waals surface area contributed by atoms with Crippen LogP contribution in [0.5, 0.6) is 17.5 Å². The molecule has 0 unspecified atom stereocenters. The first kappa shape index (κ1) is 21.9. The summed E-state index contributed by atoms with van der Waals surface area (Å²) in [6, 6.07) is 5.02. The summed E-state index contributed by atoms with van der Waals surface area (Å²) in [7, 11) is 1.84. The Kier molecular flexibility index (Phi) is 5.56. The largest absolute Gasteiger partial charge is 0.507 e. The van der Waals surface area contributed by atoms with E-state index in [1.54, 1.807) is 30.6 Å². The highest BCUT2D eigenvalue weighted by Gasteiger charge is 2.42. The minimum absolute atomic E-state index is 0.0166. The van der Waals surface area contributed by atoms with Gasteiger partial charge in [-0.25, -0.2) is 19.3 Å². The standard InChI is InChI=1S/C24H26FN7O3/c1-32(18-10-14-3-2-4-16(28-14)21(18)25)20-12-26-22(31-30-20)15-6-5-13(9-19(15)33)17-11-27-23-24(29-17)35-8-7-34-23/h5-6,9,11-12,14,16,18,21,28,33H,2-4,7-8,10H2,1H3/t14-,16-,18+,21-/m0/s1. The van der Waals surface area contributed by atoms with Crippen molar-refractivity contribution in [2.45, 2.75) is 50.0 Å². The Morgan fingerprint density at radius 3 is 2.74 bits per heavy atom. The van der Waals surface area contributed by atoms with Crippen LogP contribution in [0, 0.1) is 0 Å². The highest BCUT2D eigenvalue weighted by Crippen LogP contribution is 2.35. The minimum Gasteiger partial charge on any atom is -0.507 e. The van der Waals surface area contributed by atoms with Crippen LogP contribution in [0.4, 0.5) is 10.2 Å². The number of fused-ring (bicyclic) bond motifs is 3. The lowest BCUT2D eigenvalue weighted by molar-refractivity contribution is 0.107. The number of ether oxygens (including phenoxy) is 2. The number of phenols is 1. The summed E-state index contributed by atoms with van der Waals surface area (Å²) >= 11 is 0. The van der Waals surface area contributed by atoms with Gasteiger partial charge in [0.15, 0.2) is 11.6 Å². The van der Waals surface area contributed by atoms with Crippen LogP contribution in [-0.2, 0) is 0 Å². The van der Waals surface area contributed by atoms with Gasteiger partial charge >= 0.3 is 0 Å². The summed E-state index contributed by atoms with van der Waals surface area (Å²) < 4.78 is 26.0. The highest BCUT2D eigenvalue weighted by atomic mass is 19.1. The first-order valence-electron chi connectivity index (χ1n) is 11.9. The van der Waals surface area contributed by atoms with Gasteiger partial charge in [-0.3, -0.25) is 0 Å². The van der Waals surface area contributed by atoms with E-state index in [1.165, 1.54) is 0 Å². The van der Waals surface area contributed by atoms with E-state index < -0.39 is 6.17 Å². The fourth-order valence-electron chi connectivity index (χ4n) is 5.13. The lowest BCUT2D eigenvalue weighted by Gasteiger charge is -2.45. The van der Waals surface area contributed by atoms with Crippen molar-refractivity contribution in [3.8, 4) is 40.2 Å². The number of aromatic hydroxyl groups is 1. The van der Waals surface area contributed by atoms with Crippen molar-refractivity contribution in [1.29, 1.82) is 0 Å². The Labute approximate surface area is 201 Å². The van der Waals surface area contributed by atoms with Gasteiger partial charge in [0.1, 0.15) is 25.1 Å². The number of aromatic nitrogens is 5. The van der Waals surface area contributed by atoms with Crippen molar-refractivity contribution in [3.63, 3.8) is 0 Å². The van der Waals surface area contributed by atoms with Crippen LogP contribution in [-0.4, -0.2) is 74.8 Å². The number of benzene rings is 1. The predicted octanol–water partition coefficient (Wildman–Crippen LogP) is 2.53. The van der Waals surface area contributed by atoms with Gasteiger partial charge in [0.2, 0.25) is 0 Å². The molecule has 2 bridgehead atoms. The first-order chi connectivity index (χ1) is 17.1. The number of alkyl halides is 1. The number of rotatable bonds is 4. The summed E-state index contributed by atoms with van der Waals surface area (Å²) in [4.78, 5) is 14.9. The third-order valence-corrected chi connectivity index (χ3v) is 7.01. The van der Waals surface area contributed by atoms with Gasteiger partial charge in [-0.2, -0.15) is 0 Å². The quantitative estimate of drug-likeness (QED) is 0.578. The molecule has 0 radical (unpaired) electrons. The van der Waals surface area contributed by atoms with Crippen molar-refractivity contribution in [2.75, 3.05) is 25.2 Å². The Morgan fingerprint density at radius 1 is 1.09 bits per heavy atom.